The van der Waals surface area contributed by atoms with Crippen molar-refractivity contribution in [1.29, 1.82) is 0 Å². The van der Waals surface area contributed by atoms with Crippen LogP contribution in [0.5, 0.6) is 11.6 Å². The average molecular weight is 419 g/mol. The minimum atomic E-state index is -0.504. The van der Waals surface area contributed by atoms with Crippen molar-refractivity contribution >= 4 is 16.7 Å². The highest BCUT2D eigenvalue weighted by molar-refractivity contribution is 5.92. The molecule has 3 N–H and O–H groups in total. The zero-order chi connectivity index (χ0) is 21.6. The molecule has 31 heavy (non-hydrogen) atoms. The van der Waals surface area contributed by atoms with Gasteiger partial charge in [0.05, 0.1) is 5.56 Å². The van der Waals surface area contributed by atoms with Crippen LogP contribution in [0.2, 0.25) is 0 Å². The Kier molecular flexibility index (Phi) is 6.79. The fourth-order valence-electron chi connectivity index (χ4n) is 4.02. The molecule has 6 heteroatoms. The normalized spacial score (nSPS) is 15.3. The van der Waals surface area contributed by atoms with Crippen molar-refractivity contribution < 1.29 is 9.53 Å². The summed E-state index contributed by atoms with van der Waals surface area (Å²) in [7, 11) is 0. The summed E-state index contributed by atoms with van der Waals surface area (Å²) in [5, 5.41) is 5.79. The second-order valence-electron chi connectivity index (χ2n) is 8.32. The maximum atomic E-state index is 11.2. The van der Waals surface area contributed by atoms with Crippen molar-refractivity contribution in [2.75, 3.05) is 26.2 Å². The van der Waals surface area contributed by atoms with E-state index < -0.39 is 5.91 Å². The molecule has 4 rings (SSSR count). The van der Waals surface area contributed by atoms with Gasteiger partial charge in [-0.3, -0.25) is 4.79 Å². The van der Waals surface area contributed by atoms with E-state index in [4.69, 9.17) is 10.5 Å². The quantitative estimate of drug-likeness (QED) is 0.542. The molecule has 1 aliphatic heterocycles. The number of aromatic nitrogens is 1. The number of piperidine rings is 1. The summed E-state index contributed by atoms with van der Waals surface area (Å²) in [5.41, 5.74) is 6.88. The van der Waals surface area contributed by atoms with Crippen LogP contribution in [0.3, 0.4) is 0 Å². The van der Waals surface area contributed by atoms with Crippen LogP contribution in [0.4, 0.5) is 0 Å². The van der Waals surface area contributed by atoms with Gasteiger partial charge in [0.2, 0.25) is 11.8 Å². The lowest BCUT2D eigenvalue weighted by Gasteiger charge is -2.30. The second kappa shape index (κ2) is 9.90. The predicted octanol–water partition coefficient (Wildman–Crippen LogP) is 3.95. The number of hydrogen-bond donors (Lipinski definition) is 2. The number of rotatable bonds is 8. The number of nitrogens with two attached hydrogens (primary N) is 1. The SMILES string of the molecule is CC1CCN(CCNCc2ccc(Oc3ccc(C(N)=O)cn3)c3ccccc23)CC1. The molecule has 2 aromatic carbocycles. The zero-order valence-electron chi connectivity index (χ0n) is 18.0. The van der Waals surface area contributed by atoms with Gasteiger partial charge in [-0.2, -0.15) is 0 Å². The van der Waals surface area contributed by atoms with Gasteiger partial charge in [-0.1, -0.05) is 37.3 Å². The average Bonchev–Trinajstić information content (AvgIpc) is 2.79. The van der Waals surface area contributed by atoms with Crippen LogP contribution in [0.25, 0.3) is 10.8 Å². The van der Waals surface area contributed by atoms with E-state index in [2.05, 4.69) is 40.3 Å². The number of likely N-dealkylation sites (tertiary alicyclic amines) is 1. The predicted molar refractivity (Wildman–Crippen MR) is 123 cm³/mol. The van der Waals surface area contributed by atoms with E-state index >= 15 is 0 Å². The topological polar surface area (TPSA) is 80.5 Å². The van der Waals surface area contributed by atoms with Crippen LogP contribution >= 0.6 is 0 Å². The third kappa shape index (κ3) is 5.40. The van der Waals surface area contributed by atoms with Gasteiger partial charge in [-0.05, 0) is 54.9 Å². The first-order valence-electron chi connectivity index (χ1n) is 11.0. The number of hydrogen-bond acceptors (Lipinski definition) is 5. The molecular formula is C25H30N4O2. The highest BCUT2D eigenvalue weighted by Gasteiger charge is 2.15. The van der Waals surface area contributed by atoms with Crippen molar-refractivity contribution in [3.8, 4) is 11.6 Å². The molecule has 2 heterocycles. The van der Waals surface area contributed by atoms with Crippen molar-refractivity contribution in [2.45, 2.75) is 26.3 Å². The molecule has 0 atom stereocenters. The van der Waals surface area contributed by atoms with Gasteiger partial charge in [0.15, 0.2) is 0 Å². The van der Waals surface area contributed by atoms with E-state index in [1.807, 2.05) is 18.2 Å². The summed E-state index contributed by atoms with van der Waals surface area (Å²) in [6, 6.07) is 15.6. The van der Waals surface area contributed by atoms with Gasteiger partial charge in [0, 0.05) is 37.3 Å². The fourth-order valence-corrected chi connectivity index (χ4v) is 4.02. The molecule has 0 unspecified atom stereocenters. The van der Waals surface area contributed by atoms with Crippen molar-refractivity contribution in [2.24, 2.45) is 11.7 Å². The summed E-state index contributed by atoms with van der Waals surface area (Å²) in [4.78, 5) is 18.0. The third-order valence-electron chi connectivity index (χ3n) is 6.01. The molecule has 0 spiro atoms. The van der Waals surface area contributed by atoms with E-state index in [1.54, 1.807) is 12.1 Å². The highest BCUT2D eigenvalue weighted by atomic mass is 16.5. The Morgan fingerprint density at radius 3 is 2.61 bits per heavy atom. The molecule has 0 aliphatic carbocycles. The lowest BCUT2D eigenvalue weighted by molar-refractivity contribution is 0.1000. The first-order valence-corrected chi connectivity index (χ1v) is 11.0. The Morgan fingerprint density at radius 2 is 1.90 bits per heavy atom. The Bertz CT molecular complexity index is 1030. The van der Waals surface area contributed by atoms with Crippen LogP contribution in [-0.2, 0) is 6.54 Å². The minimum Gasteiger partial charge on any atom is -0.438 e. The summed E-state index contributed by atoms with van der Waals surface area (Å²) >= 11 is 0. The van der Waals surface area contributed by atoms with E-state index in [9.17, 15) is 4.79 Å². The van der Waals surface area contributed by atoms with Crippen molar-refractivity contribution in [3.63, 3.8) is 0 Å². The lowest BCUT2D eigenvalue weighted by Crippen LogP contribution is -2.37. The summed E-state index contributed by atoms with van der Waals surface area (Å²) in [6.07, 6.45) is 4.06. The molecule has 3 aromatic rings. The summed E-state index contributed by atoms with van der Waals surface area (Å²) < 4.78 is 6.00. The van der Waals surface area contributed by atoms with Gasteiger partial charge in [0.1, 0.15) is 5.75 Å². The molecule has 1 amide bonds. The number of carbonyl (C=O) groups is 1. The molecular weight excluding hydrogens is 388 g/mol. The maximum Gasteiger partial charge on any atom is 0.250 e. The fraction of sp³-hybridized carbons (Fsp3) is 0.360. The van der Waals surface area contributed by atoms with Gasteiger partial charge < -0.3 is 20.7 Å². The van der Waals surface area contributed by atoms with E-state index in [0.29, 0.717) is 11.4 Å². The summed E-state index contributed by atoms with van der Waals surface area (Å²) in [5.74, 6) is 1.53. The van der Waals surface area contributed by atoms with E-state index in [-0.39, 0.29) is 0 Å². The van der Waals surface area contributed by atoms with Crippen LogP contribution in [-0.4, -0.2) is 42.0 Å². The Balaban J connectivity index is 1.41. The van der Waals surface area contributed by atoms with E-state index in [0.717, 1.165) is 42.1 Å². The van der Waals surface area contributed by atoms with Gasteiger partial charge in [-0.15, -0.1) is 0 Å². The Labute approximate surface area is 183 Å². The van der Waals surface area contributed by atoms with Crippen molar-refractivity contribution in [1.82, 2.24) is 15.2 Å². The molecule has 1 fully saturated rings. The number of ether oxygens (including phenoxy) is 1. The molecule has 6 nitrogen and oxygen atoms in total. The number of amides is 1. The van der Waals surface area contributed by atoms with Crippen LogP contribution in [0.15, 0.2) is 54.7 Å². The molecule has 162 valence electrons. The second-order valence-corrected chi connectivity index (χ2v) is 8.32. The smallest absolute Gasteiger partial charge is 0.250 e. The maximum absolute atomic E-state index is 11.2. The highest BCUT2D eigenvalue weighted by Crippen LogP contribution is 2.31. The molecule has 1 aliphatic rings. The molecule has 1 saturated heterocycles. The Morgan fingerprint density at radius 1 is 1.13 bits per heavy atom. The summed E-state index contributed by atoms with van der Waals surface area (Å²) in [6.45, 7) is 7.67. The zero-order valence-corrected chi connectivity index (χ0v) is 18.0. The number of primary amides is 1. The van der Waals surface area contributed by atoms with Crippen LogP contribution in [0, 0.1) is 5.92 Å². The molecule has 0 radical (unpaired) electrons. The van der Waals surface area contributed by atoms with Gasteiger partial charge in [-0.25, -0.2) is 4.98 Å². The number of nitrogens with zero attached hydrogens (tertiary/aromatic N) is 2. The molecule has 1 aromatic heterocycles. The first kappa shape index (κ1) is 21.3. The Hall–Kier alpha value is -2.96. The van der Waals surface area contributed by atoms with Crippen LogP contribution < -0.4 is 15.8 Å². The van der Waals surface area contributed by atoms with Crippen molar-refractivity contribution in [3.05, 3.63) is 65.9 Å². The van der Waals surface area contributed by atoms with Crippen LogP contribution in [0.1, 0.15) is 35.7 Å². The molecule has 0 saturated carbocycles. The molecule has 0 bridgehead atoms. The monoisotopic (exact) mass is 418 g/mol. The number of nitrogens with one attached hydrogen (secondary N) is 1. The lowest BCUT2D eigenvalue weighted by atomic mass is 9.99. The minimum absolute atomic E-state index is 0.359. The number of pyridine rings is 1. The number of fused-ring (bicyclic) bond motifs is 1. The number of carbonyl (C=O) groups excluding carboxylic acids is 1. The van der Waals surface area contributed by atoms with E-state index in [1.165, 1.54) is 37.7 Å². The van der Waals surface area contributed by atoms with Gasteiger partial charge >= 0.3 is 0 Å². The first-order chi connectivity index (χ1) is 15.1. The third-order valence-corrected chi connectivity index (χ3v) is 6.01. The standard InChI is InChI=1S/C25H30N4O2/c1-18-10-13-29(14-11-18)15-12-27-16-19-6-8-23(22-5-3-2-4-21(19)22)31-24-9-7-20(17-28-24)25(26)30/h2-9,17-18,27H,10-16H2,1H3,(H2,26,30). The number of benzene rings is 2. The van der Waals surface area contributed by atoms with Gasteiger partial charge in [0.25, 0.3) is 0 Å². The largest absolute Gasteiger partial charge is 0.438 e.